The summed E-state index contributed by atoms with van der Waals surface area (Å²) >= 11 is 0. The van der Waals surface area contributed by atoms with E-state index < -0.39 is 10.0 Å². The van der Waals surface area contributed by atoms with Gasteiger partial charge in [-0.25, -0.2) is 8.42 Å². The summed E-state index contributed by atoms with van der Waals surface area (Å²) in [5.74, 6) is 2.32. The second-order valence-corrected chi connectivity index (χ2v) is 9.79. The maximum atomic E-state index is 12.9. The number of carbonyl (C=O) groups excluding carboxylic acids is 1. The zero-order valence-corrected chi connectivity index (χ0v) is 24.3. The maximum Gasteiger partial charge on any atom is 0.255 e. The molecule has 12 heteroatoms. The highest BCUT2D eigenvalue weighted by molar-refractivity contribution is 7.95. The summed E-state index contributed by atoms with van der Waals surface area (Å²) in [7, 11) is 4.94. The Kier molecular flexibility index (Phi) is 10.5. The molecular formula is C29H32N2O9S. The molecule has 0 heterocycles. The number of sulfonamides is 1. The molecule has 0 saturated carbocycles. The lowest BCUT2D eigenvalue weighted by Gasteiger charge is -2.13. The van der Waals surface area contributed by atoms with Crippen molar-refractivity contribution in [3.05, 3.63) is 77.3 Å². The van der Waals surface area contributed by atoms with Gasteiger partial charge in [-0.3, -0.25) is 9.52 Å². The second-order valence-electron chi connectivity index (χ2n) is 8.22. The SMILES string of the molecule is COc1cc(OC)c(C=CS(=O)(=O)Nc2ccc(OC)c(NC=CC(=O)c3ccc(OC)c(OC)c3)c2)c(OC)c1. The second kappa shape index (κ2) is 14.0. The van der Waals surface area contributed by atoms with Crippen molar-refractivity contribution in [1.82, 2.24) is 0 Å². The zero-order chi connectivity index (χ0) is 30.0. The summed E-state index contributed by atoms with van der Waals surface area (Å²) in [5.41, 5.74) is 1.49. The molecule has 2 N–H and O–H groups in total. The van der Waals surface area contributed by atoms with Gasteiger partial charge in [-0.15, -0.1) is 0 Å². The standard InChI is InChI=1S/C29H32N2O9S/c1-35-21-17-27(38-4)22(28(18-21)39-5)12-14-41(33,34)31-20-8-10-25(36-2)23(16-20)30-13-11-24(32)19-7-9-26(37-3)29(15-19)40-6/h7-18,30-31H,1-6H3. The third-order valence-corrected chi connectivity index (χ3v) is 6.78. The van der Waals surface area contributed by atoms with Gasteiger partial charge in [0.15, 0.2) is 17.3 Å². The van der Waals surface area contributed by atoms with Crippen LogP contribution in [0.4, 0.5) is 11.4 Å². The van der Waals surface area contributed by atoms with Crippen LogP contribution in [0, 0.1) is 0 Å². The normalized spacial score (nSPS) is 11.3. The van der Waals surface area contributed by atoms with Crippen molar-refractivity contribution in [2.45, 2.75) is 0 Å². The number of nitrogens with one attached hydrogen (secondary N) is 2. The van der Waals surface area contributed by atoms with Crippen molar-refractivity contribution < 1.29 is 41.6 Å². The first kappa shape index (κ1) is 30.7. The highest BCUT2D eigenvalue weighted by Gasteiger charge is 2.14. The molecule has 0 amide bonds. The van der Waals surface area contributed by atoms with E-state index in [4.69, 9.17) is 28.4 Å². The van der Waals surface area contributed by atoms with Crippen LogP contribution in [-0.4, -0.2) is 56.9 Å². The first-order chi connectivity index (χ1) is 19.7. The van der Waals surface area contributed by atoms with Crippen LogP contribution < -0.4 is 38.5 Å². The Morgan fingerprint density at radius 3 is 1.90 bits per heavy atom. The summed E-state index contributed by atoms with van der Waals surface area (Å²) in [4.78, 5) is 12.6. The van der Waals surface area contributed by atoms with Crippen LogP contribution in [0.5, 0.6) is 34.5 Å². The number of carbonyl (C=O) groups is 1. The number of hydrogen-bond acceptors (Lipinski definition) is 10. The van der Waals surface area contributed by atoms with E-state index in [1.807, 2.05) is 0 Å². The van der Waals surface area contributed by atoms with Gasteiger partial charge >= 0.3 is 0 Å². The third-order valence-electron chi connectivity index (χ3n) is 5.77. The molecule has 41 heavy (non-hydrogen) atoms. The molecule has 218 valence electrons. The van der Waals surface area contributed by atoms with Crippen molar-refractivity contribution in [3.63, 3.8) is 0 Å². The average Bonchev–Trinajstić information content (AvgIpc) is 2.98. The van der Waals surface area contributed by atoms with Crippen LogP contribution in [0.15, 0.2) is 66.2 Å². The molecule has 0 radical (unpaired) electrons. The van der Waals surface area contributed by atoms with Crippen molar-refractivity contribution in [2.24, 2.45) is 0 Å². The summed E-state index contributed by atoms with van der Waals surface area (Å²) in [5, 5.41) is 3.96. The van der Waals surface area contributed by atoms with E-state index in [-0.39, 0.29) is 11.5 Å². The highest BCUT2D eigenvalue weighted by atomic mass is 32.2. The van der Waals surface area contributed by atoms with E-state index in [0.29, 0.717) is 51.3 Å². The fourth-order valence-electron chi connectivity index (χ4n) is 3.73. The number of ketones is 1. The van der Waals surface area contributed by atoms with Crippen LogP contribution in [0.25, 0.3) is 6.08 Å². The monoisotopic (exact) mass is 584 g/mol. The fraction of sp³-hybridized carbons (Fsp3) is 0.207. The topological polar surface area (TPSA) is 131 Å². The van der Waals surface area contributed by atoms with Crippen LogP contribution >= 0.6 is 0 Å². The zero-order valence-electron chi connectivity index (χ0n) is 23.5. The van der Waals surface area contributed by atoms with Crippen LogP contribution in [0.3, 0.4) is 0 Å². The Morgan fingerprint density at radius 2 is 1.32 bits per heavy atom. The molecule has 3 rings (SSSR count). The van der Waals surface area contributed by atoms with Crippen molar-refractivity contribution in [2.75, 3.05) is 52.7 Å². The number of hydrogen-bond donors (Lipinski definition) is 2. The molecule has 0 saturated heterocycles. The minimum absolute atomic E-state index is 0.256. The molecular weight excluding hydrogens is 552 g/mol. The highest BCUT2D eigenvalue weighted by Crippen LogP contribution is 2.35. The average molecular weight is 585 g/mol. The predicted molar refractivity (Wildman–Crippen MR) is 157 cm³/mol. The molecule has 0 atom stereocenters. The molecule has 3 aromatic carbocycles. The van der Waals surface area contributed by atoms with E-state index in [1.54, 1.807) is 42.5 Å². The number of ether oxygens (including phenoxy) is 6. The Labute approximate surface area is 239 Å². The Hall–Kier alpha value is -4.84. The van der Waals surface area contributed by atoms with E-state index in [0.717, 1.165) is 5.41 Å². The summed E-state index contributed by atoms with van der Waals surface area (Å²) in [6.45, 7) is 0. The number of benzene rings is 3. The number of methoxy groups -OCH3 is 6. The van der Waals surface area contributed by atoms with Gasteiger partial charge in [-0.05, 0) is 42.5 Å². The summed E-state index contributed by atoms with van der Waals surface area (Å²) in [6.07, 6.45) is 4.12. The van der Waals surface area contributed by atoms with Crippen molar-refractivity contribution >= 4 is 33.3 Å². The lowest BCUT2D eigenvalue weighted by atomic mass is 10.1. The minimum atomic E-state index is -3.95. The van der Waals surface area contributed by atoms with E-state index in [1.165, 1.54) is 67.1 Å². The van der Waals surface area contributed by atoms with Crippen LogP contribution in [0.2, 0.25) is 0 Å². The van der Waals surface area contributed by atoms with Crippen molar-refractivity contribution in [3.8, 4) is 34.5 Å². The number of allylic oxidation sites excluding steroid dienone is 1. The molecule has 11 nitrogen and oxygen atoms in total. The molecule has 0 aliphatic carbocycles. The van der Waals surface area contributed by atoms with Gasteiger partial charge in [0, 0.05) is 30.0 Å². The largest absolute Gasteiger partial charge is 0.496 e. The van der Waals surface area contributed by atoms with Gasteiger partial charge in [0.25, 0.3) is 10.0 Å². The first-order valence-corrected chi connectivity index (χ1v) is 13.6. The maximum absolute atomic E-state index is 12.9. The van der Waals surface area contributed by atoms with Gasteiger partial charge in [-0.1, -0.05) is 0 Å². The summed E-state index contributed by atoms with van der Waals surface area (Å²) in [6, 6.07) is 12.7. The van der Waals surface area contributed by atoms with Crippen LogP contribution in [-0.2, 0) is 10.0 Å². The van der Waals surface area contributed by atoms with Gasteiger partial charge < -0.3 is 33.7 Å². The van der Waals surface area contributed by atoms with Gasteiger partial charge in [0.1, 0.15) is 23.0 Å². The molecule has 3 aromatic rings. The third kappa shape index (κ3) is 7.85. The van der Waals surface area contributed by atoms with E-state index in [9.17, 15) is 13.2 Å². The molecule has 0 spiro atoms. The Bertz CT molecular complexity index is 1520. The van der Waals surface area contributed by atoms with E-state index in [2.05, 4.69) is 10.0 Å². The van der Waals surface area contributed by atoms with Crippen molar-refractivity contribution in [1.29, 1.82) is 0 Å². The molecule has 0 aromatic heterocycles. The Balaban J connectivity index is 1.78. The smallest absolute Gasteiger partial charge is 0.255 e. The van der Waals surface area contributed by atoms with Gasteiger partial charge in [-0.2, -0.15) is 0 Å². The minimum Gasteiger partial charge on any atom is -0.496 e. The summed E-state index contributed by atoms with van der Waals surface area (Å²) < 4.78 is 60.0. The number of rotatable bonds is 14. The molecule has 0 bridgehead atoms. The lowest BCUT2D eigenvalue weighted by Crippen LogP contribution is -2.09. The molecule has 0 unspecified atom stereocenters. The molecule has 0 aliphatic rings. The fourth-order valence-corrected chi connectivity index (χ4v) is 4.57. The molecule has 0 aliphatic heterocycles. The Morgan fingerprint density at radius 1 is 0.707 bits per heavy atom. The number of anilines is 2. The predicted octanol–water partition coefficient (Wildman–Crippen LogP) is 4.96. The first-order valence-electron chi connectivity index (χ1n) is 12.1. The van der Waals surface area contributed by atoms with Crippen LogP contribution in [0.1, 0.15) is 15.9 Å². The lowest BCUT2D eigenvalue weighted by molar-refractivity contribution is 0.104. The van der Waals surface area contributed by atoms with Gasteiger partial charge in [0.05, 0.1) is 65.0 Å². The quantitative estimate of drug-likeness (QED) is 0.198. The van der Waals surface area contributed by atoms with E-state index >= 15 is 0 Å². The van der Waals surface area contributed by atoms with Gasteiger partial charge in [0.2, 0.25) is 0 Å². The molecule has 0 fully saturated rings.